The molecule has 0 amide bonds. The van der Waals surface area contributed by atoms with Gasteiger partial charge in [-0.2, -0.15) is 5.10 Å². The Morgan fingerprint density at radius 2 is 1.96 bits per heavy atom. The first kappa shape index (κ1) is 18.2. The molecule has 144 valence electrons. The van der Waals surface area contributed by atoms with Gasteiger partial charge in [0.25, 0.3) is 0 Å². The van der Waals surface area contributed by atoms with Crippen LogP contribution < -0.4 is 20.1 Å². The van der Waals surface area contributed by atoms with E-state index < -0.39 is 0 Å². The third-order valence-corrected chi connectivity index (χ3v) is 4.68. The number of benzene rings is 2. The summed E-state index contributed by atoms with van der Waals surface area (Å²) in [5.74, 6) is 1.14. The number of aryl methyl sites for hydroxylation is 1. The number of nitrogens with one attached hydrogen (secondary N) is 2. The molecule has 2 N–H and O–H groups in total. The Labute approximate surface area is 167 Å². The third-order valence-electron chi connectivity index (χ3n) is 4.47. The molecule has 0 atom stereocenters. The molecule has 2 heterocycles. The molecule has 3 aromatic rings. The highest BCUT2D eigenvalue weighted by atomic mass is 32.1. The summed E-state index contributed by atoms with van der Waals surface area (Å²) in [5.41, 5.74) is 4.19. The number of rotatable bonds is 4. The highest BCUT2D eigenvalue weighted by Gasteiger charge is 2.16. The van der Waals surface area contributed by atoms with Crippen LogP contribution in [0.5, 0.6) is 11.5 Å². The molecule has 6 nitrogen and oxygen atoms in total. The van der Waals surface area contributed by atoms with E-state index in [1.807, 2.05) is 42.8 Å². The molecule has 0 aliphatic carbocycles. The maximum Gasteiger partial charge on any atom is 0.231 e. The number of ether oxygens (including phenoxy) is 2. The van der Waals surface area contributed by atoms with Crippen molar-refractivity contribution < 1.29 is 13.9 Å². The molecule has 2 aromatic carbocycles. The smallest absolute Gasteiger partial charge is 0.231 e. The predicted molar refractivity (Wildman–Crippen MR) is 110 cm³/mol. The summed E-state index contributed by atoms with van der Waals surface area (Å²) in [4.78, 5) is 0. The molecular formula is C20H19FN4O2S. The van der Waals surface area contributed by atoms with Crippen LogP contribution in [0.25, 0.3) is 0 Å². The first-order valence-electron chi connectivity index (χ1n) is 8.76. The van der Waals surface area contributed by atoms with E-state index in [0.29, 0.717) is 17.4 Å². The van der Waals surface area contributed by atoms with Gasteiger partial charge in [0.2, 0.25) is 6.79 Å². The lowest BCUT2D eigenvalue weighted by Gasteiger charge is -2.12. The zero-order valence-electron chi connectivity index (χ0n) is 15.5. The lowest BCUT2D eigenvalue weighted by Crippen LogP contribution is -2.20. The van der Waals surface area contributed by atoms with E-state index in [1.54, 1.807) is 6.07 Å². The molecule has 1 aliphatic rings. The van der Waals surface area contributed by atoms with Crippen LogP contribution in [0.4, 0.5) is 15.8 Å². The number of aromatic nitrogens is 2. The van der Waals surface area contributed by atoms with Crippen LogP contribution in [0.15, 0.2) is 42.5 Å². The standard InChI is InChI=1S/C20H19FN4O2S/c1-12-19(13(2)25(24-12)10-14-4-3-5-15(21)8-14)23-20(28)22-16-6-7-17-18(9-16)27-11-26-17/h3-9H,10-11H2,1-2H3,(H2,22,23,28). The maximum absolute atomic E-state index is 13.4. The van der Waals surface area contributed by atoms with Crippen molar-refractivity contribution in [3.05, 3.63) is 65.2 Å². The Morgan fingerprint density at radius 1 is 1.14 bits per heavy atom. The molecule has 0 fully saturated rings. The van der Waals surface area contributed by atoms with E-state index in [4.69, 9.17) is 21.7 Å². The number of hydrogen-bond donors (Lipinski definition) is 2. The summed E-state index contributed by atoms with van der Waals surface area (Å²) in [5, 5.41) is 11.3. The Morgan fingerprint density at radius 3 is 2.79 bits per heavy atom. The van der Waals surface area contributed by atoms with Crippen molar-refractivity contribution >= 4 is 28.7 Å². The van der Waals surface area contributed by atoms with Crippen molar-refractivity contribution in [2.24, 2.45) is 0 Å². The second-order valence-electron chi connectivity index (χ2n) is 6.48. The van der Waals surface area contributed by atoms with Crippen molar-refractivity contribution in [3.8, 4) is 11.5 Å². The summed E-state index contributed by atoms with van der Waals surface area (Å²) in [6.07, 6.45) is 0. The molecule has 1 aromatic heterocycles. The van der Waals surface area contributed by atoms with Gasteiger partial charge in [0.05, 0.1) is 23.6 Å². The van der Waals surface area contributed by atoms with Crippen molar-refractivity contribution in [1.29, 1.82) is 0 Å². The summed E-state index contributed by atoms with van der Waals surface area (Å²) in [7, 11) is 0. The quantitative estimate of drug-likeness (QED) is 0.642. The van der Waals surface area contributed by atoms with Gasteiger partial charge in [0.1, 0.15) is 5.82 Å². The van der Waals surface area contributed by atoms with Crippen LogP contribution in [0, 0.1) is 19.7 Å². The zero-order chi connectivity index (χ0) is 19.7. The number of halogens is 1. The van der Waals surface area contributed by atoms with Crippen molar-refractivity contribution in [3.63, 3.8) is 0 Å². The Kier molecular flexibility index (Phi) is 4.87. The second kappa shape index (κ2) is 7.47. The van der Waals surface area contributed by atoms with Crippen LogP contribution in [0.2, 0.25) is 0 Å². The summed E-state index contributed by atoms with van der Waals surface area (Å²) < 4.78 is 26.0. The molecule has 0 unspecified atom stereocenters. The van der Waals surface area contributed by atoms with E-state index >= 15 is 0 Å². The van der Waals surface area contributed by atoms with Gasteiger partial charge in [-0.3, -0.25) is 4.68 Å². The van der Waals surface area contributed by atoms with E-state index in [-0.39, 0.29) is 12.6 Å². The fourth-order valence-electron chi connectivity index (χ4n) is 3.09. The molecule has 0 spiro atoms. The fraction of sp³-hybridized carbons (Fsp3) is 0.200. The third kappa shape index (κ3) is 3.77. The van der Waals surface area contributed by atoms with Gasteiger partial charge in [0.15, 0.2) is 16.6 Å². The van der Waals surface area contributed by atoms with E-state index in [1.165, 1.54) is 12.1 Å². The van der Waals surface area contributed by atoms with E-state index in [0.717, 1.165) is 34.1 Å². The lowest BCUT2D eigenvalue weighted by molar-refractivity contribution is 0.174. The Hall–Kier alpha value is -3.13. The first-order chi connectivity index (χ1) is 13.5. The van der Waals surface area contributed by atoms with Crippen LogP contribution in [0.3, 0.4) is 0 Å². The number of thiocarbonyl (C=S) groups is 1. The van der Waals surface area contributed by atoms with Crippen LogP contribution in [-0.2, 0) is 6.54 Å². The summed E-state index contributed by atoms with van der Waals surface area (Å²) in [6, 6.07) is 12.0. The van der Waals surface area contributed by atoms with Gasteiger partial charge in [0, 0.05) is 11.8 Å². The highest BCUT2D eigenvalue weighted by Crippen LogP contribution is 2.34. The zero-order valence-corrected chi connectivity index (χ0v) is 16.3. The van der Waals surface area contributed by atoms with Crippen molar-refractivity contribution in [2.75, 3.05) is 17.4 Å². The molecule has 0 saturated carbocycles. The number of anilines is 2. The van der Waals surface area contributed by atoms with Crippen molar-refractivity contribution in [2.45, 2.75) is 20.4 Å². The monoisotopic (exact) mass is 398 g/mol. The average Bonchev–Trinajstić information content (AvgIpc) is 3.21. The normalized spacial score (nSPS) is 12.1. The van der Waals surface area contributed by atoms with Crippen molar-refractivity contribution in [1.82, 2.24) is 9.78 Å². The van der Waals surface area contributed by atoms with Gasteiger partial charge in [-0.25, -0.2) is 4.39 Å². The first-order valence-corrected chi connectivity index (χ1v) is 9.16. The number of nitrogens with zero attached hydrogens (tertiary/aromatic N) is 2. The highest BCUT2D eigenvalue weighted by molar-refractivity contribution is 7.80. The number of hydrogen-bond acceptors (Lipinski definition) is 4. The molecule has 0 bridgehead atoms. The van der Waals surface area contributed by atoms with Crippen LogP contribution in [0.1, 0.15) is 17.0 Å². The van der Waals surface area contributed by atoms with Crippen LogP contribution in [-0.4, -0.2) is 21.7 Å². The topological polar surface area (TPSA) is 60.3 Å². The largest absolute Gasteiger partial charge is 0.454 e. The molecule has 4 rings (SSSR count). The van der Waals surface area contributed by atoms with E-state index in [9.17, 15) is 4.39 Å². The SMILES string of the molecule is Cc1nn(Cc2cccc(F)c2)c(C)c1NC(=S)Nc1ccc2c(c1)OCO2. The lowest BCUT2D eigenvalue weighted by atomic mass is 10.2. The van der Waals surface area contributed by atoms with Gasteiger partial charge in [-0.1, -0.05) is 12.1 Å². The fourth-order valence-corrected chi connectivity index (χ4v) is 3.31. The predicted octanol–water partition coefficient (Wildman–Crippen LogP) is 4.22. The Balaban J connectivity index is 1.47. The molecular weight excluding hydrogens is 379 g/mol. The van der Waals surface area contributed by atoms with Crippen LogP contribution >= 0.6 is 12.2 Å². The molecule has 8 heteroatoms. The van der Waals surface area contributed by atoms with Gasteiger partial charge in [-0.15, -0.1) is 0 Å². The minimum absolute atomic E-state index is 0.227. The van der Waals surface area contributed by atoms with Gasteiger partial charge >= 0.3 is 0 Å². The average molecular weight is 398 g/mol. The van der Waals surface area contributed by atoms with Gasteiger partial charge < -0.3 is 20.1 Å². The Bertz CT molecular complexity index is 1050. The maximum atomic E-state index is 13.4. The van der Waals surface area contributed by atoms with Gasteiger partial charge in [-0.05, 0) is 55.9 Å². The number of fused-ring (bicyclic) bond motifs is 1. The second-order valence-corrected chi connectivity index (χ2v) is 6.89. The summed E-state index contributed by atoms with van der Waals surface area (Å²) >= 11 is 5.44. The minimum Gasteiger partial charge on any atom is -0.454 e. The molecule has 0 radical (unpaired) electrons. The molecule has 1 aliphatic heterocycles. The minimum atomic E-state index is -0.258. The van der Waals surface area contributed by atoms with E-state index in [2.05, 4.69) is 15.7 Å². The summed E-state index contributed by atoms with van der Waals surface area (Å²) in [6.45, 7) is 4.56. The molecule has 28 heavy (non-hydrogen) atoms. The molecule has 0 saturated heterocycles.